The zero-order valence-corrected chi connectivity index (χ0v) is 12.0. The molecule has 1 rings (SSSR count). The predicted molar refractivity (Wildman–Crippen MR) is 78.1 cm³/mol. The van der Waals surface area contributed by atoms with Gasteiger partial charge in [-0.3, -0.25) is 9.79 Å². The third kappa shape index (κ3) is 6.17. The summed E-state index contributed by atoms with van der Waals surface area (Å²) >= 11 is 0. The van der Waals surface area contributed by atoms with Crippen molar-refractivity contribution in [1.82, 2.24) is 10.6 Å². The molecule has 0 aliphatic carbocycles. The molecule has 0 radical (unpaired) electrons. The number of benzene rings is 1. The Morgan fingerprint density at radius 3 is 2.45 bits per heavy atom. The maximum Gasteiger partial charge on any atom is 0.251 e. The van der Waals surface area contributed by atoms with E-state index in [1.165, 1.54) is 24.3 Å². The highest BCUT2D eigenvalue weighted by atomic mass is 19.1. The topological polar surface area (TPSA) is 79.5 Å². The van der Waals surface area contributed by atoms with Gasteiger partial charge in [0.2, 0.25) is 0 Å². The van der Waals surface area contributed by atoms with E-state index in [4.69, 9.17) is 5.73 Å². The Hall–Kier alpha value is -2.11. The average Bonchev–Trinajstić information content (AvgIpc) is 2.33. The van der Waals surface area contributed by atoms with Crippen LogP contribution in [-0.4, -0.2) is 30.5 Å². The lowest BCUT2D eigenvalue weighted by Gasteiger charge is -2.20. The van der Waals surface area contributed by atoms with Crippen LogP contribution in [0.25, 0.3) is 0 Å². The molecule has 0 aliphatic rings. The molecule has 1 aromatic rings. The van der Waals surface area contributed by atoms with Gasteiger partial charge in [-0.2, -0.15) is 0 Å². The van der Waals surface area contributed by atoms with Gasteiger partial charge in [0.15, 0.2) is 5.96 Å². The number of hydrogen-bond donors (Lipinski definition) is 3. The van der Waals surface area contributed by atoms with E-state index < -0.39 is 0 Å². The van der Waals surface area contributed by atoms with Crippen LogP contribution in [0.5, 0.6) is 0 Å². The molecule has 0 saturated carbocycles. The van der Waals surface area contributed by atoms with E-state index in [0.29, 0.717) is 24.6 Å². The zero-order valence-electron chi connectivity index (χ0n) is 12.0. The summed E-state index contributed by atoms with van der Waals surface area (Å²) in [6.07, 6.45) is 0. The first-order valence-corrected chi connectivity index (χ1v) is 6.40. The van der Waals surface area contributed by atoms with Crippen LogP contribution in [0.1, 0.15) is 31.1 Å². The molecule has 110 valence electrons. The smallest absolute Gasteiger partial charge is 0.251 e. The van der Waals surface area contributed by atoms with Gasteiger partial charge in [0.25, 0.3) is 5.91 Å². The third-order valence-corrected chi connectivity index (χ3v) is 2.29. The maximum atomic E-state index is 12.7. The lowest BCUT2D eigenvalue weighted by atomic mass is 10.1. The van der Waals surface area contributed by atoms with Crippen LogP contribution >= 0.6 is 0 Å². The second-order valence-electron chi connectivity index (χ2n) is 5.40. The molecule has 0 bridgehead atoms. The van der Waals surface area contributed by atoms with Crippen molar-refractivity contribution in [3.63, 3.8) is 0 Å². The van der Waals surface area contributed by atoms with Crippen molar-refractivity contribution in [3.8, 4) is 0 Å². The van der Waals surface area contributed by atoms with Gasteiger partial charge in [0, 0.05) is 17.6 Å². The molecule has 0 atom stereocenters. The van der Waals surface area contributed by atoms with Crippen molar-refractivity contribution >= 4 is 11.9 Å². The minimum absolute atomic E-state index is 0.148. The summed E-state index contributed by atoms with van der Waals surface area (Å²) < 4.78 is 12.7. The SMILES string of the molecule is CC(C)(C)NC(N)=NCCNC(=O)c1ccc(F)cc1. The van der Waals surface area contributed by atoms with Crippen molar-refractivity contribution in [2.24, 2.45) is 10.7 Å². The largest absolute Gasteiger partial charge is 0.370 e. The normalized spacial score (nSPS) is 12.1. The molecule has 6 heteroatoms. The van der Waals surface area contributed by atoms with Crippen LogP contribution in [0.3, 0.4) is 0 Å². The first kappa shape index (κ1) is 15.9. The number of rotatable bonds is 4. The van der Waals surface area contributed by atoms with E-state index in [1.54, 1.807) is 0 Å². The summed E-state index contributed by atoms with van der Waals surface area (Å²) in [5.41, 5.74) is 5.95. The number of carbonyl (C=O) groups excluding carboxylic acids is 1. The molecular formula is C14H21FN4O. The van der Waals surface area contributed by atoms with E-state index in [-0.39, 0.29) is 17.3 Å². The quantitative estimate of drug-likeness (QED) is 0.441. The first-order chi connectivity index (χ1) is 9.28. The summed E-state index contributed by atoms with van der Waals surface area (Å²) in [5.74, 6) is -0.289. The van der Waals surface area contributed by atoms with Gasteiger partial charge in [-0.15, -0.1) is 0 Å². The fraction of sp³-hybridized carbons (Fsp3) is 0.429. The number of carbonyl (C=O) groups is 1. The van der Waals surface area contributed by atoms with Crippen molar-refractivity contribution in [2.75, 3.05) is 13.1 Å². The molecular weight excluding hydrogens is 259 g/mol. The molecule has 0 spiro atoms. The van der Waals surface area contributed by atoms with Crippen LogP contribution in [0.15, 0.2) is 29.3 Å². The fourth-order valence-electron chi connectivity index (χ4n) is 1.47. The molecule has 4 N–H and O–H groups in total. The number of halogens is 1. The van der Waals surface area contributed by atoms with Crippen LogP contribution in [0.4, 0.5) is 4.39 Å². The van der Waals surface area contributed by atoms with Crippen molar-refractivity contribution in [2.45, 2.75) is 26.3 Å². The van der Waals surface area contributed by atoms with E-state index in [0.717, 1.165) is 0 Å². The molecule has 1 amide bonds. The number of hydrogen-bond acceptors (Lipinski definition) is 2. The van der Waals surface area contributed by atoms with E-state index in [1.807, 2.05) is 20.8 Å². The monoisotopic (exact) mass is 280 g/mol. The Morgan fingerprint density at radius 2 is 1.90 bits per heavy atom. The standard InChI is InChI=1S/C14H21FN4O/c1-14(2,3)19-13(16)18-9-8-17-12(20)10-4-6-11(15)7-5-10/h4-7H,8-9H2,1-3H3,(H,17,20)(H3,16,18,19). The number of amides is 1. The highest BCUT2D eigenvalue weighted by Gasteiger charge is 2.09. The Bertz CT molecular complexity index is 477. The highest BCUT2D eigenvalue weighted by molar-refractivity contribution is 5.94. The molecule has 5 nitrogen and oxygen atoms in total. The molecule has 0 saturated heterocycles. The molecule has 0 heterocycles. The Labute approximate surface area is 118 Å². The fourth-order valence-corrected chi connectivity index (χ4v) is 1.47. The van der Waals surface area contributed by atoms with Gasteiger partial charge in [-0.05, 0) is 45.0 Å². The van der Waals surface area contributed by atoms with Crippen LogP contribution in [0.2, 0.25) is 0 Å². The number of nitrogens with zero attached hydrogens (tertiary/aromatic N) is 1. The number of nitrogens with two attached hydrogens (primary N) is 1. The molecule has 0 unspecified atom stereocenters. The number of guanidine groups is 1. The lowest BCUT2D eigenvalue weighted by Crippen LogP contribution is -2.45. The van der Waals surface area contributed by atoms with Crippen LogP contribution in [0, 0.1) is 5.82 Å². The van der Waals surface area contributed by atoms with Crippen molar-refractivity contribution in [1.29, 1.82) is 0 Å². The van der Waals surface area contributed by atoms with Crippen LogP contribution < -0.4 is 16.4 Å². The van der Waals surface area contributed by atoms with E-state index in [2.05, 4.69) is 15.6 Å². The van der Waals surface area contributed by atoms with Gasteiger partial charge in [-0.25, -0.2) is 4.39 Å². The summed E-state index contributed by atoms with van der Waals surface area (Å²) in [6, 6.07) is 5.36. The number of nitrogens with one attached hydrogen (secondary N) is 2. The first-order valence-electron chi connectivity index (χ1n) is 6.40. The minimum Gasteiger partial charge on any atom is -0.370 e. The van der Waals surface area contributed by atoms with Gasteiger partial charge >= 0.3 is 0 Å². The van der Waals surface area contributed by atoms with Gasteiger partial charge < -0.3 is 16.4 Å². The second-order valence-corrected chi connectivity index (χ2v) is 5.40. The molecule has 0 aromatic heterocycles. The van der Waals surface area contributed by atoms with E-state index in [9.17, 15) is 9.18 Å². The van der Waals surface area contributed by atoms with Crippen LogP contribution in [-0.2, 0) is 0 Å². The molecule has 20 heavy (non-hydrogen) atoms. The summed E-state index contributed by atoms with van der Waals surface area (Å²) in [4.78, 5) is 15.8. The summed E-state index contributed by atoms with van der Waals surface area (Å²) in [6.45, 7) is 6.67. The molecule has 1 aromatic carbocycles. The van der Waals surface area contributed by atoms with Crippen molar-refractivity contribution < 1.29 is 9.18 Å². The average molecular weight is 280 g/mol. The predicted octanol–water partition coefficient (Wildman–Crippen LogP) is 1.26. The molecule has 0 fully saturated rings. The van der Waals surface area contributed by atoms with Crippen molar-refractivity contribution in [3.05, 3.63) is 35.6 Å². The molecule has 0 aliphatic heterocycles. The Balaban J connectivity index is 2.36. The Morgan fingerprint density at radius 1 is 1.30 bits per heavy atom. The Kier molecular flexibility index (Phi) is 5.49. The highest BCUT2D eigenvalue weighted by Crippen LogP contribution is 2.02. The van der Waals surface area contributed by atoms with Gasteiger partial charge in [0.1, 0.15) is 5.82 Å². The zero-order chi connectivity index (χ0) is 15.2. The number of aliphatic imine (C=N–C) groups is 1. The summed E-state index contributed by atoms with van der Waals surface area (Å²) in [7, 11) is 0. The minimum atomic E-state index is -0.368. The summed E-state index contributed by atoms with van der Waals surface area (Å²) in [5, 5.41) is 5.70. The lowest BCUT2D eigenvalue weighted by molar-refractivity contribution is 0.0954. The van der Waals surface area contributed by atoms with E-state index >= 15 is 0 Å². The maximum absolute atomic E-state index is 12.7. The third-order valence-electron chi connectivity index (χ3n) is 2.29. The van der Waals surface area contributed by atoms with Gasteiger partial charge in [-0.1, -0.05) is 0 Å². The second kappa shape index (κ2) is 6.88. The van der Waals surface area contributed by atoms with Gasteiger partial charge in [0.05, 0.1) is 6.54 Å².